The zero-order valence-electron chi connectivity index (χ0n) is 32.6. The molecule has 0 atom stereocenters. The Morgan fingerprint density at radius 2 is 0.887 bits per heavy atom. The zero-order chi connectivity index (χ0) is 42.5. The highest BCUT2D eigenvalue weighted by Gasteiger charge is 2.28. The number of para-hydroxylation sites is 2. The minimum atomic E-state index is -0.777. The maximum atomic E-state index is 16.7. The van der Waals surface area contributed by atoms with Gasteiger partial charge in [-0.05, 0) is 93.3 Å². The van der Waals surface area contributed by atoms with Crippen molar-refractivity contribution >= 4 is 72.1 Å². The van der Waals surface area contributed by atoms with Crippen LogP contribution in [-0.2, 0) is 0 Å². The summed E-state index contributed by atoms with van der Waals surface area (Å²) in [4.78, 5) is 7.09. The van der Waals surface area contributed by atoms with Gasteiger partial charge in [0.2, 0.25) is 0 Å². The van der Waals surface area contributed by atoms with Crippen LogP contribution in [0.25, 0.3) is 59.4 Å². The topological polar surface area (TPSA) is 34.6 Å². The molecule has 4 nitrogen and oxygen atoms in total. The molecule has 62 heavy (non-hydrogen) atoms. The molecule has 0 aromatic heterocycles. The quantitative estimate of drug-likeness (QED) is 0.0871. The molecule has 0 bridgehead atoms. The molecule has 0 N–H and O–H groups in total. The Balaban J connectivity index is 1.25. The first-order valence-electron chi connectivity index (χ1n) is 19.7. The van der Waals surface area contributed by atoms with Gasteiger partial charge in [-0.1, -0.05) is 109 Å². The summed E-state index contributed by atoms with van der Waals surface area (Å²) in [5.41, 5.74) is 5.22. The molecular formula is C54H30F4N4. The highest BCUT2D eigenvalue weighted by molar-refractivity contribution is 6.28. The molecule has 0 spiro atoms. The van der Waals surface area contributed by atoms with Crippen molar-refractivity contribution in [2.75, 3.05) is 9.80 Å². The lowest BCUT2D eigenvalue weighted by molar-refractivity contribution is 0.584. The number of hydrogen-bond acceptors (Lipinski definition) is 3. The van der Waals surface area contributed by atoms with E-state index in [1.165, 1.54) is 12.1 Å². The van der Waals surface area contributed by atoms with Crippen LogP contribution >= 0.6 is 0 Å². The highest BCUT2D eigenvalue weighted by Crippen LogP contribution is 2.51. The molecule has 10 rings (SSSR count). The number of rotatable bonds is 8. The molecule has 0 saturated carbocycles. The second-order valence-corrected chi connectivity index (χ2v) is 14.8. The van der Waals surface area contributed by atoms with Gasteiger partial charge in [-0.3, -0.25) is 0 Å². The minimum Gasteiger partial charge on any atom is -0.307 e. The second kappa shape index (κ2) is 15.3. The molecule has 0 aliphatic heterocycles. The van der Waals surface area contributed by atoms with Gasteiger partial charge < -0.3 is 9.80 Å². The molecule has 0 unspecified atom stereocenters. The van der Waals surface area contributed by atoms with Crippen LogP contribution in [0.3, 0.4) is 0 Å². The van der Waals surface area contributed by atoms with E-state index < -0.39 is 23.3 Å². The van der Waals surface area contributed by atoms with Gasteiger partial charge in [0.15, 0.2) is 17.3 Å². The van der Waals surface area contributed by atoms with E-state index in [-0.39, 0.29) is 11.4 Å². The van der Waals surface area contributed by atoms with Gasteiger partial charge in [-0.15, -0.1) is 0 Å². The molecule has 0 amide bonds. The van der Waals surface area contributed by atoms with Crippen molar-refractivity contribution in [2.45, 2.75) is 0 Å². The van der Waals surface area contributed by atoms with E-state index >= 15 is 17.6 Å². The molecule has 0 heterocycles. The molecule has 0 aliphatic carbocycles. The Morgan fingerprint density at radius 1 is 0.468 bits per heavy atom. The third kappa shape index (κ3) is 6.39. The van der Waals surface area contributed by atoms with Crippen molar-refractivity contribution in [3.8, 4) is 28.3 Å². The Bertz CT molecular complexity index is 3180. The molecule has 10 aromatic carbocycles. The maximum Gasteiger partial charge on any atom is 0.187 e. The molecule has 8 heteroatoms. The standard InChI is InChI=1S/C54H30F4N4/c1-60-40-22-16-35(17-23-40)46-29-39(56)31-48(58)54(46)62(42-10-6-3-7-11-42)50-27-21-37-18-24-43-49(26-20-36-19-25-44(50)52(37)51(36)43)61(41-8-4-2-5-9-41)53-45(28-38(55)30-47(53)57)34-14-12-33(32-59)13-15-34/h2-31H. The fourth-order valence-electron chi connectivity index (χ4n) is 8.56. The van der Waals surface area contributed by atoms with E-state index in [1.54, 1.807) is 58.3 Å². The van der Waals surface area contributed by atoms with Crippen LogP contribution in [0.4, 0.5) is 57.4 Å². The van der Waals surface area contributed by atoms with Crippen molar-refractivity contribution in [3.05, 3.63) is 222 Å². The summed E-state index contributed by atoms with van der Waals surface area (Å²) in [6.07, 6.45) is 0. The Kier molecular flexibility index (Phi) is 9.32. The number of nitriles is 1. The molecule has 0 radical (unpaired) electrons. The summed E-state index contributed by atoms with van der Waals surface area (Å²) < 4.78 is 63.8. The monoisotopic (exact) mass is 810 g/mol. The van der Waals surface area contributed by atoms with Crippen molar-refractivity contribution in [2.24, 2.45) is 0 Å². The second-order valence-electron chi connectivity index (χ2n) is 14.8. The van der Waals surface area contributed by atoms with Gasteiger partial charge >= 0.3 is 0 Å². The van der Waals surface area contributed by atoms with Gasteiger partial charge in [-0.2, -0.15) is 5.26 Å². The van der Waals surface area contributed by atoms with Crippen LogP contribution in [0.5, 0.6) is 0 Å². The van der Waals surface area contributed by atoms with E-state index in [0.29, 0.717) is 56.3 Å². The van der Waals surface area contributed by atoms with Gasteiger partial charge in [0.25, 0.3) is 0 Å². The summed E-state index contributed by atoms with van der Waals surface area (Å²) in [7, 11) is 0. The molecular weight excluding hydrogens is 781 g/mol. The molecule has 10 aromatic rings. The van der Waals surface area contributed by atoms with Crippen LogP contribution in [0.2, 0.25) is 0 Å². The average molecular weight is 811 g/mol. The van der Waals surface area contributed by atoms with Gasteiger partial charge in [-0.25, -0.2) is 22.4 Å². The summed E-state index contributed by atoms with van der Waals surface area (Å²) >= 11 is 0. The van der Waals surface area contributed by atoms with E-state index in [4.69, 9.17) is 6.57 Å². The lowest BCUT2D eigenvalue weighted by atomic mass is 9.91. The third-order valence-corrected chi connectivity index (χ3v) is 11.3. The van der Waals surface area contributed by atoms with Gasteiger partial charge in [0, 0.05) is 45.4 Å². The predicted octanol–water partition coefficient (Wildman–Crippen LogP) is 15.8. The first kappa shape index (κ1) is 37.8. The van der Waals surface area contributed by atoms with Crippen LogP contribution < -0.4 is 9.80 Å². The van der Waals surface area contributed by atoms with Crippen LogP contribution in [0, 0.1) is 41.2 Å². The summed E-state index contributed by atoms with van der Waals surface area (Å²) in [5.74, 6) is -3.04. The Hall–Kier alpha value is -8.46. The number of hydrogen-bond donors (Lipinski definition) is 0. The third-order valence-electron chi connectivity index (χ3n) is 11.3. The van der Waals surface area contributed by atoms with Crippen LogP contribution in [0.15, 0.2) is 182 Å². The van der Waals surface area contributed by atoms with Crippen molar-refractivity contribution in [3.63, 3.8) is 0 Å². The van der Waals surface area contributed by atoms with Crippen molar-refractivity contribution in [1.29, 1.82) is 5.26 Å². The number of anilines is 6. The Labute approximate surface area is 354 Å². The summed E-state index contributed by atoms with van der Waals surface area (Å²) in [6.45, 7) is 7.44. The molecule has 0 fully saturated rings. The molecule has 294 valence electrons. The lowest BCUT2D eigenvalue weighted by Crippen LogP contribution is -2.14. The first-order valence-corrected chi connectivity index (χ1v) is 19.7. The fourth-order valence-corrected chi connectivity index (χ4v) is 8.56. The van der Waals surface area contributed by atoms with E-state index in [0.717, 1.165) is 44.5 Å². The summed E-state index contributed by atoms with van der Waals surface area (Å²) in [5, 5.41) is 14.6. The highest BCUT2D eigenvalue weighted by atomic mass is 19.1. The zero-order valence-corrected chi connectivity index (χ0v) is 32.6. The molecule has 0 saturated heterocycles. The smallest absolute Gasteiger partial charge is 0.187 e. The van der Waals surface area contributed by atoms with Crippen LogP contribution in [0.1, 0.15) is 5.56 Å². The van der Waals surface area contributed by atoms with Crippen LogP contribution in [-0.4, -0.2) is 0 Å². The predicted molar refractivity (Wildman–Crippen MR) is 241 cm³/mol. The SMILES string of the molecule is [C-]#[N+]c1ccc(-c2cc(F)cc(F)c2N(c2ccccc2)c2ccc3ccc4c(N(c5ccccc5)c5c(F)cc(F)cc5-c5ccc(C#N)cc5)ccc5ccc2c3c54)cc1. The number of halogens is 4. The number of benzene rings is 10. The first-order chi connectivity index (χ1) is 30.3. The summed E-state index contributed by atoms with van der Waals surface area (Å²) in [6, 6.07) is 54.1. The maximum absolute atomic E-state index is 16.7. The average Bonchev–Trinajstić information content (AvgIpc) is 3.30. The van der Waals surface area contributed by atoms with Crippen molar-refractivity contribution < 1.29 is 17.6 Å². The number of nitrogens with zero attached hydrogens (tertiary/aromatic N) is 4. The fraction of sp³-hybridized carbons (Fsp3) is 0. The Morgan fingerprint density at radius 3 is 1.31 bits per heavy atom. The normalized spacial score (nSPS) is 11.2. The van der Waals surface area contributed by atoms with E-state index in [1.807, 2.05) is 109 Å². The van der Waals surface area contributed by atoms with E-state index in [2.05, 4.69) is 10.9 Å². The molecule has 0 aliphatic rings. The van der Waals surface area contributed by atoms with Gasteiger partial charge in [0.05, 0.1) is 41.0 Å². The van der Waals surface area contributed by atoms with E-state index in [9.17, 15) is 5.26 Å². The minimum absolute atomic E-state index is 0.122. The van der Waals surface area contributed by atoms with Crippen molar-refractivity contribution in [1.82, 2.24) is 0 Å². The van der Waals surface area contributed by atoms with Gasteiger partial charge in [0.1, 0.15) is 11.6 Å². The lowest BCUT2D eigenvalue weighted by Gasteiger charge is -2.31. The largest absolute Gasteiger partial charge is 0.307 e.